The molecule has 1 nitrogen and oxygen atoms in total. The first-order valence-corrected chi connectivity index (χ1v) is 11.4. The summed E-state index contributed by atoms with van der Waals surface area (Å²) < 4.78 is 0. The van der Waals surface area contributed by atoms with Crippen LogP contribution >= 0.6 is 0 Å². The van der Waals surface area contributed by atoms with E-state index in [1.54, 1.807) is 28.2 Å². The lowest BCUT2D eigenvalue weighted by molar-refractivity contribution is -0.128. The van der Waals surface area contributed by atoms with Crippen LogP contribution in [0.15, 0.2) is 41.5 Å². The molecule has 0 amide bonds. The number of aryl methyl sites for hydroxylation is 2. The molecule has 0 N–H and O–H groups in total. The smallest absolute Gasteiger partial charge is 0.139 e. The van der Waals surface area contributed by atoms with Crippen molar-refractivity contribution in [3.05, 3.63) is 64.1 Å². The topological polar surface area (TPSA) is 17.1 Å². The summed E-state index contributed by atoms with van der Waals surface area (Å²) in [5.41, 5.74) is 7.51. The lowest BCUT2D eigenvalue weighted by Crippen LogP contribution is -2.43. The standard InChI is InChI=1S/C27H33O/c1-4-5-18-15-19(18)7-8-21-16-27(3)24(12-13-25(27)28)23-11-9-20-14-17(2)6-10-22(20)26(21)23/h6,8,10,14-15,23-24,26H,4-5,7,9,11-13,16H2,1-3H3/b21-8+. The Kier molecular flexibility index (Phi) is 4.41. The number of hydrogen-bond acceptors (Lipinski definition) is 1. The molecule has 0 heterocycles. The van der Waals surface area contributed by atoms with Gasteiger partial charge in [-0.2, -0.15) is 0 Å². The van der Waals surface area contributed by atoms with E-state index < -0.39 is 0 Å². The summed E-state index contributed by atoms with van der Waals surface area (Å²) in [7, 11) is 0. The van der Waals surface area contributed by atoms with Crippen LogP contribution in [0.1, 0.15) is 81.4 Å². The molecule has 2 saturated carbocycles. The molecule has 0 bridgehead atoms. The molecule has 4 aliphatic carbocycles. The van der Waals surface area contributed by atoms with Crippen molar-refractivity contribution in [1.29, 1.82) is 0 Å². The van der Waals surface area contributed by atoms with E-state index in [2.05, 4.69) is 51.1 Å². The molecule has 0 spiro atoms. The molecule has 0 aromatic heterocycles. The van der Waals surface area contributed by atoms with Gasteiger partial charge in [-0.1, -0.05) is 67.3 Å². The van der Waals surface area contributed by atoms with Gasteiger partial charge in [-0.3, -0.25) is 4.79 Å². The van der Waals surface area contributed by atoms with Gasteiger partial charge in [0.15, 0.2) is 0 Å². The summed E-state index contributed by atoms with van der Waals surface area (Å²) in [5.74, 6) is 3.88. The molecule has 28 heavy (non-hydrogen) atoms. The third kappa shape index (κ3) is 2.85. The first-order valence-electron chi connectivity index (χ1n) is 11.4. The number of carbonyl (C=O) groups excluding carboxylic acids is 1. The molecule has 0 aliphatic heterocycles. The van der Waals surface area contributed by atoms with Crippen molar-refractivity contribution < 1.29 is 4.79 Å². The number of benzene rings is 1. The fraction of sp³-hybridized carbons (Fsp3) is 0.556. The van der Waals surface area contributed by atoms with Gasteiger partial charge in [0.1, 0.15) is 5.78 Å². The van der Waals surface area contributed by atoms with E-state index in [1.165, 1.54) is 31.2 Å². The molecular formula is C27H33O. The Labute approximate surface area is 170 Å². The maximum Gasteiger partial charge on any atom is 0.139 e. The molecule has 4 atom stereocenters. The molecule has 2 fully saturated rings. The minimum absolute atomic E-state index is 0.108. The van der Waals surface area contributed by atoms with Crippen LogP contribution in [0.4, 0.5) is 0 Å². The third-order valence-corrected chi connectivity index (χ3v) is 8.22. The molecule has 0 saturated heterocycles. The van der Waals surface area contributed by atoms with Crippen molar-refractivity contribution in [2.45, 2.75) is 78.1 Å². The molecule has 4 aliphatic rings. The Morgan fingerprint density at radius 3 is 2.89 bits per heavy atom. The highest BCUT2D eigenvalue weighted by Crippen LogP contribution is 2.61. The van der Waals surface area contributed by atoms with Crippen LogP contribution in [-0.2, 0) is 11.2 Å². The molecule has 5 rings (SSSR count). The van der Waals surface area contributed by atoms with Crippen molar-refractivity contribution in [2.24, 2.45) is 17.3 Å². The van der Waals surface area contributed by atoms with E-state index in [4.69, 9.17) is 0 Å². The summed E-state index contributed by atoms with van der Waals surface area (Å²) in [6.07, 6.45) is 13.8. The number of Topliss-reactive ketones (excluding diaryl/α,β-unsaturated/α-hetero) is 1. The SMILES string of the molecule is CCC[C]1C=C1C/C=C1\CC2(C)C(=O)CCC2C2CCc3cc(C)ccc3C12. The number of ketones is 1. The van der Waals surface area contributed by atoms with Crippen LogP contribution in [0.2, 0.25) is 0 Å². The molecule has 147 valence electrons. The van der Waals surface area contributed by atoms with Gasteiger partial charge in [0.2, 0.25) is 0 Å². The summed E-state index contributed by atoms with van der Waals surface area (Å²) in [6.45, 7) is 6.75. The predicted molar refractivity (Wildman–Crippen MR) is 115 cm³/mol. The van der Waals surface area contributed by atoms with Gasteiger partial charge in [0, 0.05) is 23.7 Å². The van der Waals surface area contributed by atoms with E-state index in [1.807, 2.05) is 0 Å². The summed E-state index contributed by atoms with van der Waals surface area (Å²) in [6, 6.07) is 7.11. The number of rotatable bonds is 4. The minimum Gasteiger partial charge on any atom is -0.299 e. The lowest BCUT2D eigenvalue weighted by atomic mass is 9.54. The second-order valence-electron chi connectivity index (χ2n) is 9.97. The maximum atomic E-state index is 12.9. The molecule has 1 radical (unpaired) electrons. The number of fused-ring (bicyclic) bond motifs is 5. The highest BCUT2D eigenvalue weighted by molar-refractivity contribution is 5.87. The largest absolute Gasteiger partial charge is 0.299 e. The zero-order valence-electron chi connectivity index (χ0n) is 17.7. The monoisotopic (exact) mass is 373 g/mol. The van der Waals surface area contributed by atoms with Crippen molar-refractivity contribution in [2.75, 3.05) is 0 Å². The summed E-state index contributed by atoms with van der Waals surface area (Å²) in [4.78, 5) is 12.9. The predicted octanol–water partition coefficient (Wildman–Crippen LogP) is 6.66. The number of allylic oxidation sites excluding steroid dienone is 4. The van der Waals surface area contributed by atoms with E-state index in [-0.39, 0.29) is 5.41 Å². The van der Waals surface area contributed by atoms with Gasteiger partial charge < -0.3 is 0 Å². The van der Waals surface area contributed by atoms with Crippen LogP contribution in [0.3, 0.4) is 0 Å². The van der Waals surface area contributed by atoms with E-state index >= 15 is 0 Å². The van der Waals surface area contributed by atoms with Gasteiger partial charge >= 0.3 is 0 Å². The first kappa shape index (κ1) is 18.4. The average molecular weight is 374 g/mol. The van der Waals surface area contributed by atoms with E-state index in [0.717, 1.165) is 25.7 Å². The highest BCUT2D eigenvalue weighted by atomic mass is 16.1. The minimum atomic E-state index is -0.108. The second-order valence-corrected chi connectivity index (χ2v) is 9.97. The normalized spacial score (nSPS) is 35.4. The quantitative estimate of drug-likeness (QED) is 0.539. The first-order chi connectivity index (χ1) is 13.5. The molecule has 1 heteroatoms. The highest BCUT2D eigenvalue weighted by Gasteiger charge is 2.56. The average Bonchev–Trinajstić information content (AvgIpc) is 3.35. The Bertz CT molecular complexity index is 872. The molecule has 1 aromatic carbocycles. The lowest BCUT2D eigenvalue weighted by Gasteiger charge is -2.49. The Hall–Kier alpha value is -1.63. The van der Waals surface area contributed by atoms with Crippen LogP contribution in [0.5, 0.6) is 0 Å². The fourth-order valence-electron chi connectivity index (χ4n) is 6.74. The van der Waals surface area contributed by atoms with Gasteiger partial charge in [-0.05, 0) is 68.4 Å². The number of hydrogen-bond donors (Lipinski definition) is 0. The molecular weight excluding hydrogens is 340 g/mol. The van der Waals surface area contributed by atoms with Crippen molar-refractivity contribution in [1.82, 2.24) is 0 Å². The zero-order valence-corrected chi connectivity index (χ0v) is 17.7. The van der Waals surface area contributed by atoms with Crippen molar-refractivity contribution >= 4 is 5.78 Å². The van der Waals surface area contributed by atoms with E-state index in [0.29, 0.717) is 23.5 Å². The van der Waals surface area contributed by atoms with Gasteiger partial charge in [0.25, 0.3) is 0 Å². The summed E-state index contributed by atoms with van der Waals surface area (Å²) in [5, 5.41) is 0. The Balaban J connectivity index is 1.51. The number of carbonyl (C=O) groups is 1. The maximum absolute atomic E-state index is 12.9. The van der Waals surface area contributed by atoms with Crippen LogP contribution in [-0.4, -0.2) is 5.78 Å². The van der Waals surface area contributed by atoms with Gasteiger partial charge in [-0.25, -0.2) is 0 Å². The van der Waals surface area contributed by atoms with Gasteiger partial charge in [0.05, 0.1) is 0 Å². The van der Waals surface area contributed by atoms with E-state index in [9.17, 15) is 4.79 Å². The molecule has 4 unspecified atom stereocenters. The van der Waals surface area contributed by atoms with Crippen LogP contribution in [0, 0.1) is 30.1 Å². The summed E-state index contributed by atoms with van der Waals surface area (Å²) >= 11 is 0. The molecule has 1 aromatic rings. The Morgan fingerprint density at radius 2 is 2.07 bits per heavy atom. The van der Waals surface area contributed by atoms with Crippen molar-refractivity contribution in [3.63, 3.8) is 0 Å². The van der Waals surface area contributed by atoms with Crippen molar-refractivity contribution in [3.8, 4) is 0 Å². The Morgan fingerprint density at radius 1 is 1.21 bits per heavy atom. The van der Waals surface area contributed by atoms with Gasteiger partial charge in [-0.15, -0.1) is 0 Å². The third-order valence-electron chi connectivity index (χ3n) is 8.22. The second kappa shape index (κ2) is 6.71. The van der Waals surface area contributed by atoms with Crippen LogP contribution in [0.25, 0.3) is 0 Å². The van der Waals surface area contributed by atoms with Crippen LogP contribution < -0.4 is 0 Å². The zero-order chi connectivity index (χ0) is 19.5. The fourth-order valence-corrected chi connectivity index (χ4v) is 6.74.